The molecule has 82 valence electrons. The van der Waals surface area contributed by atoms with Gasteiger partial charge in [0, 0.05) is 0 Å². The predicted molar refractivity (Wildman–Crippen MR) is 50.1 cm³/mol. The number of aliphatic carboxylic acids is 1. The summed E-state index contributed by atoms with van der Waals surface area (Å²) in [6.45, 7) is 0. The van der Waals surface area contributed by atoms with Gasteiger partial charge in [0.1, 0.15) is 6.10 Å². The summed E-state index contributed by atoms with van der Waals surface area (Å²) in [5, 5.41) is 26.6. The molecule has 2 unspecified atom stereocenters. The Morgan fingerprint density at radius 3 is 2.60 bits per heavy atom. The van der Waals surface area contributed by atoms with Crippen LogP contribution in [0.1, 0.15) is 11.8 Å². The van der Waals surface area contributed by atoms with Crippen LogP contribution in [0, 0.1) is 0 Å². The largest absolute Gasteiger partial charge is 0.479 e. The van der Waals surface area contributed by atoms with Crippen molar-refractivity contribution in [3.8, 4) is 0 Å². The Hall–Kier alpha value is -1.44. The van der Waals surface area contributed by atoms with Gasteiger partial charge in [0.15, 0.2) is 17.1 Å². The molecule has 8 heteroatoms. The minimum Gasteiger partial charge on any atom is -0.479 e. The molecule has 0 aliphatic heterocycles. The second-order valence-corrected chi connectivity index (χ2v) is 3.06. The number of anilines is 1. The molecule has 1 aromatic rings. The minimum atomic E-state index is -1.99. The zero-order valence-electron chi connectivity index (χ0n) is 7.33. The monoisotopic (exact) mass is 233 g/mol. The lowest BCUT2D eigenvalue weighted by atomic mass is 10.1. The van der Waals surface area contributed by atoms with Gasteiger partial charge in [0.2, 0.25) is 0 Å². The number of hydrogen-bond donors (Lipinski definition) is 4. The van der Waals surface area contributed by atoms with E-state index in [1.165, 1.54) is 0 Å². The van der Waals surface area contributed by atoms with Gasteiger partial charge in [-0.3, -0.25) is 0 Å². The maximum absolute atomic E-state index is 10.4. The quantitative estimate of drug-likeness (QED) is 0.537. The number of carbonyl (C=O) groups is 1. The topological polar surface area (TPSA) is 130 Å². The number of nitrogens with two attached hydrogens (primary N) is 1. The van der Waals surface area contributed by atoms with E-state index in [2.05, 4.69) is 9.97 Å². The summed E-state index contributed by atoms with van der Waals surface area (Å²) in [5.41, 5.74) is 5.10. The van der Waals surface area contributed by atoms with Crippen LogP contribution in [0.5, 0.6) is 0 Å². The van der Waals surface area contributed by atoms with Crippen molar-refractivity contribution in [2.24, 2.45) is 0 Å². The van der Waals surface area contributed by atoms with Crippen LogP contribution in [0.4, 0.5) is 5.82 Å². The third-order valence-corrected chi connectivity index (χ3v) is 1.91. The van der Waals surface area contributed by atoms with Gasteiger partial charge >= 0.3 is 5.97 Å². The van der Waals surface area contributed by atoms with Crippen LogP contribution in [0.3, 0.4) is 0 Å². The Morgan fingerprint density at radius 1 is 1.53 bits per heavy atom. The highest BCUT2D eigenvalue weighted by atomic mass is 35.5. The van der Waals surface area contributed by atoms with Crippen LogP contribution in [0.2, 0.25) is 5.15 Å². The zero-order chi connectivity index (χ0) is 11.6. The Labute approximate surface area is 89.2 Å². The average Bonchev–Trinajstić information content (AvgIpc) is 2.19. The van der Waals surface area contributed by atoms with Crippen LogP contribution >= 0.6 is 11.6 Å². The normalized spacial score (nSPS) is 14.6. The van der Waals surface area contributed by atoms with E-state index in [9.17, 15) is 9.90 Å². The number of rotatable bonds is 3. The standard InChI is InChI=1S/C7H8ClN3O4/c8-5-6(9)10-1-2(11-5)3(12)4(13)7(14)15/h1,3-4,12-13H,(H2,9,10)(H,14,15). The summed E-state index contributed by atoms with van der Waals surface area (Å²) >= 11 is 5.50. The summed E-state index contributed by atoms with van der Waals surface area (Å²) in [6.07, 6.45) is -2.65. The molecule has 0 amide bonds. The van der Waals surface area contributed by atoms with Gasteiger partial charge in [0.05, 0.1) is 11.9 Å². The molecule has 0 spiro atoms. The number of hydrogen-bond acceptors (Lipinski definition) is 6. The van der Waals surface area contributed by atoms with E-state index in [1.807, 2.05) is 0 Å². The number of aliphatic hydroxyl groups excluding tert-OH is 2. The number of nitrogens with zero attached hydrogens (tertiary/aromatic N) is 2. The summed E-state index contributed by atoms with van der Waals surface area (Å²) in [7, 11) is 0. The van der Waals surface area contributed by atoms with Gasteiger partial charge in [-0.2, -0.15) is 0 Å². The fraction of sp³-hybridized carbons (Fsp3) is 0.286. The number of aliphatic hydroxyl groups is 2. The van der Waals surface area contributed by atoms with Crippen LogP contribution in [-0.2, 0) is 4.79 Å². The van der Waals surface area contributed by atoms with Crippen molar-refractivity contribution in [3.05, 3.63) is 17.0 Å². The second-order valence-electron chi connectivity index (χ2n) is 2.70. The average molecular weight is 234 g/mol. The van der Waals surface area contributed by atoms with Crippen LogP contribution in [-0.4, -0.2) is 37.4 Å². The molecule has 0 saturated carbocycles. The van der Waals surface area contributed by atoms with Gasteiger partial charge in [-0.15, -0.1) is 0 Å². The zero-order valence-corrected chi connectivity index (χ0v) is 8.09. The molecule has 0 fully saturated rings. The van der Waals surface area contributed by atoms with E-state index in [-0.39, 0.29) is 16.7 Å². The molecule has 0 bridgehead atoms. The SMILES string of the molecule is Nc1ncc(C(O)C(O)C(=O)O)nc1Cl. The third kappa shape index (κ3) is 2.52. The Kier molecular flexibility index (Phi) is 3.40. The molecule has 15 heavy (non-hydrogen) atoms. The van der Waals surface area contributed by atoms with E-state index in [0.29, 0.717) is 0 Å². The first-order chi connectivity index (χ1) is 6.93. The molecule has 1 rings (SSSR count). The fourth-order valence-electron chi connectivity index (χ4n) is 0.828. The van der Waals surface area contributed by atoms with E-state index in [4.69, 9.17) is 27.5 Å². The lowest BCUT2D eigenvalue weighted by molar-refractivity contribution is -0.153. The highest BCUT2D eigenvalue weighted by molar-refractivity contribution is 6.31. The maximum atomic E-state index is 10.4. The summed E-state index contributed by atoms with van der Waals surface area (Å²) in [4.78, 5) is 17.5. The van der Waals surface area contributed by atoms with Crippen LogP contribution < -0.4 is 5.73 Å². The molecule has 2 atom stereocenters. The van der Waals surface area contributed by atoms with Crippen molar-refractivity contribution >= 4 is 23.4 Å². The highest BCUT2D eigenvalue weighted by Gasteiger charge is 2.26. The summed E-state index contributed by atoms with van der Waals surface area (Å²) in [6, 6.07) is 0. The highest BCUT2D eigenvalue weighted by Crippen LogP contribution is 2.19. The first-order valence-electron chi connectivity index (χ1n) is 3.80. The van der Waals surface area contributed by atoms with Gasteiger partial charge < -0.3 is 21.1 Å². The molecular weight excluding hydrogens is 226 g/mol. The first-order valence-corrected chi connectivity index (χ1v) is 4.18. The molecule has 5 N–H and O–H groups in total. The maximum Gasteiger partial charge on any atom is 0.335 e. The summed E-state index contributed by atoms with van der Waals surface area (Å²) < 4.78 is 0. The first kappa shape index (κ1) is 11.6. The van der Waals surface area contributed by atoms with Gasteiger partial charge in [-0.1, -0.05) is 11.6 Å². The van der Waals surface area contributed by atoms with E-state index in [1.54, 1.807) is 0 Å². The van der Waals surface area contributed by atoms with Crippen molar-refractivity contribution in [1.82, 2.24) is 9.97 Å². The Morgan fingerprint density at radius 2 is 2.13 bits per heavy atom. The third-order valence-electron chi connectivity index (χ3n) is 1.63. The number of carboxylic acid groups (broad SMARTS) is 1. The van der Waals surface area contributed by atoms with E-state index >= 15 is 0 Å². The molecular formula is C7H8ClN3O4. The summed E-state index contributed by atoms with van der Waals surface area (Å²) in [5.74, 6) is -1.62. The van der Waals surface area contributed by atoms with Crippen molar-refractivity contribution in [2.45, 2.75) is 12.2 Å². The van der Waals surface area contributed by atoms with E-state index in [0.717, 1.165) is 6.20 Å². The fourth-order valence-corrected chi connectivity index (χ4v) is 0.974. The van der Waals surface area contributed by atoms with E-state index < -0.39 is 18.2 Å². The van der Waals surface area contributed by atoms with Gasteiger partial charge in [0.25, 0.3) is 0 Å². The molecule has 0 radical (unpaired) electrons. The lowest BCUT2D eigenvalue weighted by Gasteiger charge is -2.13. The van der Waals surface area contributed by atoms with Crippen molar-refractivity contribution < 1.29 is 20.1 Å². The molecule has 0 aromatic carbocycles. The molecule has 1 aromatic heterocycles. The van der Waals surface area contributed by atoms with Gasteiger partial charge in [-0.05, 0) is 0 Å². The predicted octanol–water partition coefficient (Wildman–Crippen LogP) is -0.809. The molecule has 0 aliphatic carbocycles. The number of halogens is 1. The minimum absolute atomic E-state index is 0.0440. The second kappa shape index (κ2) is 4.39. The number of aromatic nitrogens is 2. The van der Waals surface area contributed by atoms with Gasteiger partial charge in [-0.25, -0.2) is 14.8 Å². The van der Waals surface area contributed by atoms with Crippen molar-refractivity contribution in [1.29, 1.82) is 0 Å². The Balaban J connectivity index is 2.96. The smallest absolute Gasteiger partial charge is 0.335 e. The van der Waals surface area contributed by atoms with Crippen LogP contribution in [0.25, 0.3) is 0 Å². The number of nitrogen functional groups attached to an aromatic ring is 1. The lowest BCUT2D eigenvalue weighted by Crippen LogP contribution is -2.28. The Bertz CT molecular complexity index is 386. The molecule has 1 heterocycles. The molecule has 0 aliphatic rings. The number of carboxylic acids is 1. The van der Waals surface area contributed by atoms with Crippen molar-refractivity contribution in [2.75, 3.05) is 5.73 Å². The molecule has 0 saturated heterocycles. The molecule has 7 nitrogen and oxygen atoms in total. The van der Waals surface area contributed by atoms with Crippen LogP contribution in [0.15, 0.2) is 6.20 Å². The van der Waals surface area contributed by atoms with Crippen molar-refractivity contribution in [3.63, 3.8) is 0 Å².